The number of Topliss-reactive ketones (excluding diaryl/α,β-unsaturated/α-hetero) is 1. The summed E-state index contributed by atoms with van der Waals surface area (Å²) in [6, 6.07) is 6.59. The van der Waals surface area contributed by atoms with Crippen molar-refractivity contribution in [2.45, 2.75) is 19.9 Å². The molecular formula is C15H16N2O4. The summed E-state index contributed by atoms with van der Waals surface area (Å²) >= 11 is 0. The van der Waals surface area contributed by atoms with E-state index in [0.29, 0.717) is 18.5 Å². The number of methoxy groups -OCH3 is 1. The molecule has 0 aliphatic heterocycles. The SMILES string of the molecule is CCC(=O)c1ccn(Cc2ccc(OC)c([N+](=O)[O-])c2)c1. The van der Waals surface area contributed by atoms with Gasteiger partial charge in [0.15, 0.2) is 11.5 Å². The Morgan fingerprint density at radius 1 is 1.38 bits per heavy atom. The van der Waals surface area contributed by atoms with Crippen molar-refractivity contribution in [3.8, 4) is 5.75 Å². The van der Waals surface area contributed by atoms with Gasteiger partial charge in [-0.25, -0.2) is 0 Å². The molecule has 0 aliphatic carbocycles. The van der Waals surface area contributed by atoms with Gasteiger partial charge in [0.05, 0.1) is 12.0 Å². The predicted molar refractivity (Wildman–Crippen MR) is 77.8 cm³/mol. The van der Waals surface area contributed by atoms with Crippen molar-refractivity contribution >= 4 is 11.5 Å². The zero-order valence-corrected chi connectivity index (χ0v) is 11.9. The first kappa shape index (κ1) is 14.8. The van der Waals surface area contributed by atoms with Crippen molar-refractivity contribution in [1.29, 1.82) is 0 Å². The van der Waals surface area contributed by atoms with E-state index in [-0.39, 0.29) is 17.2 Å². The lowest BCUT2D eigenvalue weighted by Crippen LogP contribution is -2.00. The van der Waals surface area contributed by atoms with Crippen LogP contribution in [0, 0.1) is 10.1 Å². The highest BCUT2D eigenvalue weighted by atomic mass is 16.6. The predicted octanol–water partition coefficient (Wildman–Crippen LogP) is 3.05. The molecule has 6 heteroatoms. The van der Waals surface area contributed by atoms with Crippen LogP contribution < -0.4 is 4.74 Å². The number of rotatable bonds is 6. The molecule has 2 aromatic rings. The average Bonchev–Trinajstić information content (AvgIpc) is 2.94. The molecule has 0 atom stereocenters. The van der Waals surface area contributed by atoms with Crippen LogP contribution in [0.5, 0.6) is 5.75 Å². The number of carbonyl (C=O) groups excluding carboxylic acids is 1. The van der Waals surface area contributed by atoms with Crippen LogP contribution in [0.25, 0.3) is 0 Å². The van der Waals surface area contributed by atoms with Crippen molar-refractivity contribution in [1.82, 2.24) is 4.57 Å². The quantitative estimate of drug-likeness (QED) is 0.465. The number of hydrogen-bond acceptors (Lipinski definition) is 4. The average molecular weight is 288 g/mol. The summed E-state index contributed by atoms with van der Waals surface area (Å²) in [4.78, 5) is 22.1. The van der Waals surface area contributed by atoms with Gasteiger partial charge in [-0.2, -0.15) is 0 Å². The standard InChI is InChI=1S/C15H16N2O4/c1-3-14(18)12-6-7-16(10-12)9-11-4-5-15(21-2)13(8-11)17(19)20/h4-8,10H,3,9H2,1-2H3. The summed E-state index contributed by atoms with van der Waals surface area (Å²) in [5.41, 5.74) is 1.36. The van der Waals surface area contributed by atoms with Crippen LogP contribution in [-0.4, -0.2) is 22.4 Å². The molecule has 0 amide bonds. The molecule has 0 unspecified atom stereocenters. The third kappa shape index (κ3) is 3.28. The molecule has 0 bridgehead atoms. The molecule has 0 aliphatic rings. The van der Waals surface area contributed by atoms with Crippen molar-refractivity contribution in [2.75, 3.05) is 7.11 Å². The molecule has 0 spiro atoms. The van der Waals surface area contributed by atoms with Crippen LogP contribution >= 0.6 is 0 Å². The summed E-state index contributed by atoms with van der Waals surface area (Å²) in [6.45, 7) is 2.27. The summed E-state index contributed by atoms with van der Waals surface area (Å²) in [5.74, 6) is 0.313. The van der Waals surface area contributed by atoms with E-state index in [0.717, 1.165) is 5.56 Å². The van der Waals surface area contributed by atoms with E-state index in [4.69, 9.17) is 4.74 Å². The normalized spacial score (nSPS) is 10.4. The second kappa shape index (κ2) is 6.21. The third-order valence-electron chi connectivity index (χ3n) is 3.20. The van der Waals surface area contributed by atoms with Crippen LogP contribution in [0.3, 0.4) is 0 Å². The number of nitro groups is 1. The van der Waals surface area contributed by atoms with E-state index in [1.807, 2.05) is 11.5 Å². The molecule has 1 aromatic carbocycles. The lowest BCUT2D eigenvalue weighted by Gasteiger charge is -2.06. The number of carbonyl (C=O) groups is 1. The Labute approximate surface area is 122 Å². The zero-order chi connectivity index (χ0) is 15.4. The van der Waals surface area contributed by atoms with Crippen molar-refractivity contribution in [3.63, 3.8) is 0 Å². The maximum atomic E-state index is 11.6. The number of benzene rings is 1. The Morgan fingerprint density at radius 3 is 2.76 bits per heavy atom. The van der Waals surface area contributed by atoms with Gasteiger partial charge < -0.3 is 9.30 Å². The molecule has 2 rings (SSSR count). The fourth-order valence-corrected chi connectivity index (χ4v) is 2.10. The maximum Gasteiger partial charge on any atom is 0.311 e. The molecule has 6 nitrogen and oxygen atoms in total. The van der Waals surface area contributed by atoms with E-state index in [2.05, 4.69) is 0 Å². The van der Waals surface area contributed by atoms with Crippen LogP contribution in [0.2, 0.25) is 0 Å². The minimum absolute atomic E-state index is 0.0629. The number of nitrogens with zero attached hydrogens (tertiary/aromatic N) is 2. The van der Waals surface area contributed by atoms with Gasteiger partial charge in [-0.3, -0.25) is 14.9 Å². The first-order valence-corrected chi connectivity index (χ1v) is 6.55. The summed E-state index contributed by atoms with van der Waals surface area (Å²) in [7, 11) is 1.40. The monoisotopic (exact) mass is 288 g/mol. The van der Waals surface area contributed by atoms with Gasteiger partial charge in [0, 0.05) is 37.0 Å². The Balaban J connectivity index is 2.23. The fraction of sp³-hybridized carbons (Fsp3) is 0.267. The van der Waals surface area contributed by atoms with E-state index in [1.54, 1.807) is 30.6 Å². The number of hydrogen-bond donors (Lipinski definition) is 0. The van der Waals surface area contributed by atoms with Crippen LogP contribution in [0.15, 0.2) is 36.7 Å². The van der Waals surface area contributed by atoms with E-state index in [1.165, 1.54) is 13.2 Å². The highest BCUT2D eigenvalue weighted by molar-refractivity contribution is 5.95. The Morgan fingerprint density at radius 2 is 2.14 bits per heavy atom. The number of nitro benzene ring substituents is 1. The Hall–Kier alpha value is -2.63. The van der Waals surface area contributed by atoms with Gasteiger partial charge in [0.2, 0.25) is 0 Å². The minimum Gasteiger partial charge on any atom is -0.490 e. The van der Waals surface area contributed by atoms with E-state index >= 15 is 0 Å². The van der Waals surface area contributed by atoms with Crippen LogP contribution in [0.1, 0.15) is 29.3 Å². The molecule has 0 saturated heterocycles. The summed E-state index contributed by atoms with van der Waals surface area (Å²) in [5, 5.41) is 11.0. The summed E-state index contributed by atoms with van der Waals surface area (Å²) < 4.78 is 6.80. The van der Waals surface area contributed by atoms with Crippen LogP contribution in [-0.2, 0) is 6.54 Å². The lowest BCUT2D eigenvalue weighted by molar-refractivity contribution is -0.385. The van der Waals surface area contributed by atoms with E-state index in [9.17, 15) is 14.9 Å². The number of ketones is 1. The van der Waals surface area contributed by atoms with Gasteiger partial charge in [-0.15, -0.1) is 0 Å². The van der Waals surface area contributed by atoms with Gasteiger partial charge in [0.1, 0.15) is 0 Å². The molecule has 0 radical (unpaired) electrons. The largest absolute Gasteiger partial charge is 0.490 e. The van der Waals surface area contributed by atoms with Crippen molar-refractivity contribution < 1.29 is 14.5 Å². The minimum atomic E-state index is -0.468. The highest BCUT2D eigenvalue weighted by Gasteiger charge is 2.15. The second-order valence-corrected chi connectivity index (χ2v) is 4.61. The van der Waals surface area contributed by atoms with Gasteiger partial charge in [-0.05, 0) is 17.7 Å². The van der Waals surface area contributed by atoms with Crippen molar-refractivity contribution in [2.24, 2.45) is 0 Å². The van der Waals surface area contributed by atoms with E-state index < -0.39 is 4.92 Å². The molecular weight excluding hydrogens is 272 g/mol. The number of ether oxygens (including phenoxy) is 1. The van der Waals surface area contributed by atoms with Gasteiger partial charge >= 0.3 is 5.69 Å². The second-order valence-electron chi connectivity index (χ2n) is 4.61. The third-order valence-corrected chi connectivity index (χ3v) is 3.20. The van der Waals surface area contributed by atoms with Crippen LogP contribution in [0.4, 0.5) is 5.69 Å². The smallest absolute Gasteiger partial charge is 0.311 e. The molecule has 0 saturated carbocycles. The van der Waals surface area contributed by atoms with Gasteiger partial charge in [0.25, 0.3) is 0 Å². The highest BCUT2D eigenvalue weighted by Crippen LogP contribution is 2.27. The molecule has 21 heavy (non-hydrogen) atoms. The molecule has 1 heterocycles. The molecule has 110 valence electrons. The molecule has 0 fully saturated rings. The zero-order valence-electron chi connectivity index (χ0n) is 11.9. The number of aromatic nitrogens is 1. The topological polar surface area (TPSA) is 74.4 Å². The first-order valence-electron chi connectivity index (χ1n) is 6.55. The van der Waals surface area contributed by atoms with Crippen molar-refractivity contribution in [3.05, 3.63) is 57.9 Å². The Kier molecular flexibility index (Phi) is 4.37. The maximum absolute atomic E-state index is 11.6. The fourth-order valence-electron chi connectivity index (χ4n) is 2.10. The lowest BCUT2D eigenvalue weighted by atomic mass is 10.2. The summed E-state index contributed by atoms with van der Waals surface area (Å²) in [6.07, 6.45) is 4.00. The molecule has 0 N–H and O–H groups in total. The Bertz CT molecular complexity index is 676. The first-order chi connectivity index (χ1) is 10.0. The van der Waals surface area contributed by atoms with Gasteiger partial charge in [-0.1, -0.05) is 13.0 Å². The molecule has 1 aromatic heterocycles.